The minimum absolute atomic E-state index is 0. The predicted molar refractivity (Wildman–Crippen MR) is 130 cm³/mol. The van der Waals surface area contributed by atoms with E-state index in [2.05, 4.69) is 54.7 Å². The molecule has 1 aromatic heterocycles. The summed E-state index contributed by atoms with van der Waals surface area (Å²) in [5.74, 6) is 0.995. The first-order valence-corrected chi connectivity index (χ1v) is 10.7. The van der Waals surface area contributed by atoms with Crippen LogP contribution in [0.15, 0.2) is 45.2 Å². The molecule has 2 heterocycles. The Morgan fingerprint density at radius 3 is 2.79 bits per heavy atom. The molecule has 0 aliphatic carbocycles. The molecule has 1 aromatic carbocycles. The number of nitrogens with zero attached hydrogens (tertiary/aromatic N) is 3. The van der Waals surface area contributed by atoms with E-state index < -0.39 is 0 Å². The average molecular weight is 577 g/mol. The molecular weight excluding hydrogens is 551 g/mol. The lowest BCUT2D eigenvalue weighted by Crippen LogP contribution is -2.41. The van der Waals surface area contributed by atoms with E-state index in [0.29, 0.717) is 13.0 Å². The van der Waals surface area contributed by atoms with Gasteiger partial charge in [-0.2, -0.15) is 0 Å². The summed E-state index contributed by atoms with van der Waals surface area (Å²) >= 11 is 5.25. The standard InChI is InChI=1S/C20H25BrN4OS.HI/c1-22-20(24(2)13-15-3-5-17(21)6-4-15)23-10-7-19(26)25-11-8-18-16(14-25)9-12-27-18;/h3-6,9,12H,7-8,10-11,13-14H2,1-2H3,(H,22,23);1H. The molecule has 0 spiro atoms. The van der Waals surface area contributed by atoms with E-state index in [1.807, 2.05) is 24.1 Å². The third-order valence-corrected chi connectivity index (χ3v) is 6.24. The van der Waals surface area contributed by atoms with Crippen LogP contribution in [0.3, 0.4) is 0 Å². The maximum Gasteiger partial charge on any atom is 0.224 e. The smallest absolute Gasteiger partial charge is 0.224 e. The Morgan fingerprint density at radius 2 is 2.07 bits per heavy atom. The SMILES string of the molecule is CN=C(NCCC(=O)N1CCc2sccc2C1)N(C)Cc1ccc(Br)cc1.I. The minimum Gasteiger partial charge on any atom is -0.356 e. The highest BCUT2D eigenvalue weighted by molar-refractivity contribution is 14.0. The number of rotatable bonds is 5. The second kappa shape index (κ2) is 11.2. The Balaban J connectivity index is 0.00000280. The van der Waals surface area contributed by atoms with E-state index in [0.717, 1.165) is 36.5 Å². The number of carbonyl (C=O) groups is 1. The Labute approximate surface area is 196 Å². The van der Waals surface area contributed by atoms with Crippen LogP contribution in [0.5, 0.6) is 0 Å². The fraction of sp³-hybridized carbons (Fsp3) is 0.400. The second-order valence-corrected chi connectivity index (χ2v) is 8.56. The average Bonchev–Trinajstić information content (AvgIpc) is 3.14. The van der Waals surface area contributed by atoms with Crippen LogP contribution in [0.4, 0.5) is 0 Å². The van der Waals surface area contributed by atoms with Crippen molar-refractivity contribution in [2.24, 2.45) is 4.99 Å². The molecule has 1 aliphatic rings. The minimum atomic E-state index is 0. The molecule has 5 nitrogen and oxygen atoms in total. The third kappa shape index (κ3) is 6.18. The number of hydrogen-bond donors (Lipinski definition) is 1. The van der Waals surface area contributed by atoms with Crippen LogP contribution in [0.2, 0.25) is 0 Å². The van der Waals surface area contributed by atoms with E-state index in [1.54, 1.807) is 18.4 Å². The summed E-state index contributed by atoms with van der Waals surface area (Å²) in [4.78, 5) is 22.3. The molecular formula is C20H26BrIN4OS. The largest absolute Gasteiger partial charge is 0.356 e. The molecule has 0 saturated heterocycles. The molecule has 1 N–H and O–H groups in total. The fourth-order valence-corrected chi connectivity index (χ4v) is 4.38. The number of nitrogens with one attached hydrogen (secondary N) is 1. The quantitative estimate of drug-likeness (QED) is 0.331. The summed E-state index contributed by atoms with van der Waals surface area (Å²) < 4.78 is 1.07. The summed E-state index contributed by atoms with van der Waals surface area (Å²) in [6.45, 7) is 2.91. The normalized spacial score (nSPS) is 13.5. The molecule has 3 rings (SSSR count). The highest BCUT2D eigenvalue weighted by Gasteiger charge is 2.21. The summed E-state index contributed by atoms with van der Waals surface area (Å²) in [6.07, 6.45) is 1.45. The number of fused-ring (bicyclic) bond motifs is 1. The van der Waals surface area contributed by atoms with Gasteiger partial charge in [0.2, 0.25) is 5.91 Å². The summed E-state index contributed by atoms with van der Waals surface area (Å²) in [5.41, 5.74) is 2.51. The Bertz CT molecular complexity index is 809. The number of carbonyl (C=O) groups excluding carboxylic acids is 1. The lowest BCUT2D eigenvalue weighted by molar-refractivity contribution is -0.131. The van der Waals surface area contributed by atoms with Crippen molar-refractivity contribution in [2.75, 3.05) is 27.2 Å². The van der Waals surface area contributed by atoms with Gasteiger partial charge < -0.3 is 15.1 Å². The van der Waals surface area contributed by atoms with Crippen LogP contribution in [0.25, 0.3) is 0 Å². The summed E-state index contributed by atoms with van der Waals surface area (Å²) in [5, 5.41) is 5.42. The molecule has 28 heavy (non-hydrogen) atoms. The third-order valence-electron chi connectivity index (χ3n) is 4.69. The number of benzene rings is 1. The van der Waals surface area contributed by atoms with E-state index in [-0.39, 0.29) is 29.9 Å². The van der Waals surface area contributed by atoms with Crippen LogP contribution in [-0.2, 0) is 24.3 Å². The summed E-state index contributed by atoms with van der Waals surface area (Å²) in [7, 11) is 3.77. The Morgan fingerprint density at radius 1 is 1.32 bits per heavy atom. The first-order chi connectivity index (χ1) is 13.1. The number of guanidine groups is 1. The lowest BCUT2D eigenvalue weighted by atomic mass is 10.1. The van der Waals surface area contributed by atoms with Gasteiger partial charge in [-0.15, -0.1) is 35.3 Å². The zero-order valence-corrected chi connectivity index (χ0v) is 20.9. The van der Waals surface area contributed by atoms with E-state index >= 15 is 0 Å². The molecule has 1 amide bonds. The fourth-order valence-electron chi connectivity index (χ4n) is 3.22. The molecule has 0 fully saturated rings. The van der Waals surface area contributed by atoms with Gasteiger partial charge in [-0.05, 0) is 41.1 Å². The van der Waals surface area contributed by atoms with Gasteiger partial charge in [0, 0.05) is 56.0 Å². The first kappa shape index (κ1) is 23.2. The van der Waals surface area contributed by atoms with Gasteiger partial charge >= 0.3 is 0 Å². The highest BCUT2D eigenvalue weighted by Crippen LogP contribution is 2.24. The molecule has 1 aliphatic heterocycles. The molecule has 152 valence electrons. The van der Waals surface area contributed by atoms with Crippen molar-refractivity contribution in [3.05, 3.63) is 56.2 Å². The van der Waals surface area contributed by atoms with Gasteiger partial charge in [-0.25, -0.2) is 0 Å². The van der Waals surface area contributed by atoms with Crippen molar-refractivity contribution in [3.63, 3.8) is 0 Å². The van der Waals surface area contributed by atoms with Gasteiger partial charge in [0.15, 0.2) is 5.96 Å². The lowest BCUT2D eigenvalue weighted by Gasteiger charge is -2.27. The highest BCUT2D eigenvalue weighted by atomic mass is 127. The van der Waals surface area contributed by atoms with Crippen molar-refractivity contribution >= 4 is 63.1 Å². The zero-order valence-electron chi connectivity index (χ0n) is 16.2. The van der Waals surface area contributed by atoms with Crippen LogP contribution in [0.1, 0.15) is 22.4 Å². The molecule has 0 bridgehead atoms. The molecule has 0 unspecified atom stereocenters. The van der Waals surface area contributed by atoms with E-state index in [1.165, 1.54) is 16.0 Å². The Hall–Kier alpha value is -1.13. The molecule has 2 aromatic rings. The van der Waals surface area contributed by atoms with Crippen molar-refractivity contribution in [3.8, 4) is 0 Å². The second-order valence-electron chi connectivity index (χ2n) is 6.64. The van der Waals surface area contributed by atoms with Gasteiger partial charge in [0.25, 0.3) is 0 Å². The number of aliphatic imine (C=N–C) groups is 1. The maximum absolute atomic E-state index is 12.5. The Kier molecular flexibility index (Phi) is 9.23. The van der Waals surface area contributed by atoms with Gasteiger partial charge in [-0.1, -0.05) is 28.1 Å². The van der Waals surface area contributed by atoms with Crippen LogP contribution in [0, 0.1) is 0 Å². The molecule has 0 radical (unpaired) electrons. The van der Waals surface area contributed by atoms with E-state index in [4.69, 9.17) is 0 Å². The van der Waals surface area contributed by atoms with Gasteiger partial charge in [0.1, 0.15) is 0 Å². The van der Waals surface area contributed by atoms with Crippen LogP contribution in [-0.4, -0.2) is 48.9 Å². The van der Waals surface area contributed by atoms with Crippen LogP contribution < -0.4 is 5.32 Å². The van der Waals surface area contributed by atoms with Gasteiger partial charge in [0.05, 0.1) is 0 Å². The molecule has 0 saturated carbocycles. The first-order valence-electron chi connectivity index (χ1n) is 9.06. The van der Waals surface area contributed by atoms with Crippen molar-refractivity contribution in [2.45, 2.75) is 25.9 Å². The summed E-state index contributed by atoms with van der Waals surface area (Å²) in [6, 6.07) is 10.4. The molecule has 0 atom stereocenters. The van der Waals surface area contributed by atoms with Crippen molar-refractivity contribution < 1.29 is 4.79 Å². The zero-order chi connectivity index (χ0) is 19.2. The number of hydrogen-bond acceptors (Lipinski definition) is 3. The van der Waals surface area contributed by atoms with Crippen molar-refractivity contribution in [1.82, 2.24) is 15.1 Å². The number of thiophene rings is 1. The van der Waals surface area contributed by atoms with Crippen LogP contribution >= 0.6 is 51.2 Å². The predicted octanol–water partition coefficient (Wildman–Crippen LogP) is 4.11. The monoisotopic (exact) mass is 576 g/mol. The number of halogens is 2. The molecule has 8 heteroatoms. The maximum atomic E-state index is 12.5. The number of amides is 1. The van der Waals surface area contributed by atoms with Gasteiger partial charge in [-0.3, -0.25) is 9.79 Å². The van der Waals surface area contributed by atoms with E-state index in [9.17, 15) is 4.79 Å². The van der Waals surface area contributed by atoms with Crippen molar-refractivity contribution in [1.29, 1.82) is 0 Å². The topological polar surface area (TPSA) is 47.9 Å².